The van der Waals surface area contributed by atoms with E-state index in [2.05, 4.69) is 11.0 Å². The van der Waals surface area contributed by atoms with Crippen LogP contribution in [-0.4, -0.2) is 38.8 Å². The number of benzene rings is 2. The van der Waals surface area contributed by atoms with Crippen molar-refractivity contribution in [2.75, 3.05) is 27.8 Å². The molecule has 160 valence electrons. The lowest BCUT2D eigenvalue weighted by atomic mass is 9.87. The fraction of sp³-hybridized carbons (Fsp3) is 0.333. The summed E-state index contributed by atoms with van der Waals surface area (Å²) in [4.78, 5) is 15.4. The molecule has 2 heterocycles. The fourth-order valence-corrected chi connectivity index (χ4v) is 4.74. The maximum absolute atomic E-state index is 13.2. The van der Waals surface area contributed by atoms with Gasteiger partial charge in [0, 0.05) is 35.2 Å². The van der Waals surface area contributed by atoms with Crippen molar-refractivity contribution < 1.29 is 13.9 Å². The van der Waals surface area contributed by atoms with Crippen molar-refractivity contribution in [3.63, 3.8) is 0 Å². The number of likely N-dealkylation sites (N-methyl/N-ethyl adjacent to an activating group) is 1. The molecule has 4 rings (SSSR count). The van der Waals surface area contributed by atoms with Crippen LogP contribution in [0, 0.1) is 11.3 Å². The highest BCUT2D eigenvalue weighted by Gasteiger charge is 2.37. The van der Waals surface area contributed by atoms with E-state index in [1.807, 2.05) is 25.2 Å². The number of rotatable bonds is 5. The van der Waals surface area contributed by atoms with Gasteiger partial charge < -0.3 is 18.8 Å². The number of likely N-dealkylation sites (tertiary alicyclic amines) is 1. The quantitative estimate of drug-likeness (QED) is 0.567. The van der Waals surface area contributed by atoms with Gasteiger partial charge in [0.15, 0.2) is 5.43 Å². The molecule has 0 saturated carbocycles. The Balaban J connectivity index is 2.06. The Bertz CT molecular complexity index is 1230. The molecule has 0 bridgehead atoms. The number of fused-ring (bicyclic) bond motifs is 1. The summed E-state index contributed by atoms with van der Waals surface area (Å²) in [6, 6.07) is 12.7. The smallest absolute Gasteiger partial charge is 0.197 e. The standard InChI is InChI=1S/C24H23ClN2O4/c1-27-11-9-15(17(27)8-10-26)22-20(29-2)13-21(30-3)23-18(28)12-19(31-24(22)23)14-6-4-5-7-16(14)25/h4-7,12-13,15,17H,8-9,11H2,1-3H3/t15-,17+/m1/s1. The van der Waals surface area contributed by atoms with Gasteiger partial charge in [0.2, 0.25) is 0 Å². The second-order valence-electron chi connectivity index (χ2n) is 7.66. The van der Waals surface area contributed by atoms with Gasteiger partial charge in [0.1, 0.15) is 28.2 Å². The van der Waals surface area contributed by atoms with Crippen LogP contribution in [0.2, 0.25) is 5.02 Å². The Hall–Kier alpha value is -3.01. The SMILES string of the molecule is COc1cc(OC)c2c(=O)cc(-c3ccccc3Cl)oc2c1[C@@H]1CCN(C)[C@H]1CC#N. The van der Waals surface area contributed by atoms with Crippen LogP contribution in [0.3, 0.4) is 0 Å². The summed E-state index contributed by atoms with van der Waals surface area (Å²) in [6.07, 6.45) is 1.19. The van der Waals surface area contributed by atoms with Gasteiger partial charge in [-0.25, -0.2) is 0 Å². The Morgan fingerprint density at radius 2 is 1.97 bits per heavy atom. The zero-order valence-corrected chi connectivity index (χ0v) is 18.4. The monoisotopic (exact) mass is 438 g/mol. The minimum absolute atomic E-state index is 0.00948. The van der Waals surface area contributed by atoms with Crippen LogP contribution in [0.4, 0.5) is 0 Å². The third-order valence-corrected chi connectivity index (χ3v) is 6.37. The largest absolute Gasteiger partial charge is 0.496 e. The van der Waals surface area contributed by atoms with Crippen molar-refractivity contribution in [3.8, 4) is 28.9 Å². The van der Waals surface area contributed by atoms with Crippen LogP contribution in [0.1, 0.15) is 24.3 Å². The molecular weight excluding hydrogens is 416 g/mol. The predicted molar refractivity (Wildman–Crippen MR) is 120 cm³/mol. The normalized spacial score (nSPS) is 18.8. The summed E-state index contributed by atoms with van der Waals surface area (Å²) < 4.78 is 17.6. The van der Waals surface area contributed by atoms with Gasteiger partial charge in [-0.15, -0.1) is 0 Å². The van der Waals surface area contributed by atoms with E-state index in [9.17, 15) is 10.1 Å². The summed E-state index contributed by atoms with van der Waals surface area (Å²) in [6.45, 7) is 0.835. The molecule has 0 spiro atoms. The van der Waals surface area contributed by atoms with Gasteiger partial charge in [-0.3, -0.25) is 4.79 Å². The maximum Gasteiger partial charge on any atom is 0.197 e. The van der Waals surface area contributed by atoms with Gasteiger partial charge in [-0.1, -0.05) is 23.7 Å². The maximum atomic E-state index is 13.2. The van der Waals surface area contributed by atoms with Crippen LogP contribution >= 0.6 is 11.6 Å². The van der Waals surface area contributed by atoms with Gasteiger partial charge in [-0.2, -0.15) is 5.26 Å². The third kappa shape index (κ3) is 3.65. The van der Waals surface area contributed by atoms with Crippen LogP contribution in [-0.2, 0) is 0 Å². The van der Waals surface area contributed by atoms with Crippen molar-refractivity contribution in [1.82, 2.24) is 4.90 Å². The molecule has 1 aliphatic rings. The lowest BCUT2D eigenvalue weighted by Crippen LogP contribution is -2.28. The lowest BCUT2D eigenvalue weighted by Gasteiger charge is -2.25. The van der Waals surface area contributed by atoms with Crippen molar-refractivity contribution in [3.05, 3.63) is 57.2 Å². The first kappa shape index (κ1) is 21.2. The van der Waals surface area contributed by atoms with E-state index in [-0.39, 0.29) is 17.4 Å². The lowest BCUT2D eigenvalue weighted by molar-refractivity contribution is 0.298. The molecule has 0 N–H and O–H groups in total. The van der Waals surface area contributed by atoms with Crippen molar-refractivity contribution >= 4 is 22.6 Å². The van der Waals surface area contributed by atoms with Crippen LogP contribution in [0.15, 0.2) is 45.6 Å². The van der Waals surface area contributed by atoms with Gasteiger partial charge in [-0.05, 0) is 32.1 Å². The molecule has 2 aromatic carbocycles. The molecule has 1 fully saturated rings. The number of hydrogen-bond donors (Lipinski definition) is 0. The third-order valence-electron chi connectivity index (χ3n) is 6.04. The first-order valence-corrected chi connectivity index (χ1v) is 10.4. The fourth-order valence-electron chi connectivity index (χ4n) is 4.51. The van der Waals surface area contributed by atoms with E-state index >= 15 is 0 Å². The molecule has 2 atom stereocenters. The molecule has 7 heteroatoms. The summed E-state index contributed by atoms with van der Waals surface area (Å²) >= 11 is 6.38. The first-order chi connectivity index (χ1) is 15.0. The highest BCUT2D eigenvalue weighted by Crippen LogP contribution is 2.45. The molecule has 0 unspecified atom stereocenters. The van der Waals surface area contributed by atoms with Crippen molar-refractivity contribution in [1.29, 1.82) is 5.26 Å². The van der Waals surface area contributed by atoms with E-state index in [4.69, 9.17) is 25.5 Å². The van der Waals surface area contributed by atoms with Crippen LogP contribution < -0.4 is 14.9 Å². The van der Waals surface area contributed by atoms with E-state index in [0.717, 1.165) is 18.5 Å². The number of nitrogens with zero attached hydrogens (tertiary/aromatic N) is 2. The van der Waals surface area contributed by atoms with Crippen molar-refractivity contribution in [2.24, 2.45) is 0 Å². The average molecular weight is 439 g/mol. The van der Waals surface area contributed by atoms with E-state index in [0.29, 0.717) is 45.2 Å². The molecule has 1 aromatic heterocycles. The first-order valence-electron chi connectivity index (χ1n) is 10.0. The highest BCUT2D eigenvalue weighted by atomic mass is 35.5. The molecule has 1 aliphatic heterocycles. The van der Waals surface area contributed by atoms with E-state index < -0.39 is 0 Å². The molecular formula is C24H23ClN2O4. The summed E-state index contributed by atoms with van der Waals surface area (Å²) in [5, 5.41) is 10.2. The van der Waals surface area contributed by atoms with Gasteiger partial charge >= 0.3 is 0 Å². The minimum Gasteiger partial charge on any atom is -0.496 e. The number of methoxy groups -OCH3 is 2. The topological polar surface area (TPSA) is 75.7 Å². The number of nitriles is 1. The van der Waals surface area contributed by atoms with Crippen LogP contribution in [0.5, 0.6) is 11.5 Å². The second-order valence-corrected chi connectivity index (χ2v) is 8.07. The Morgan fingerprint density at radius 3 is 2.65 bits per heavy atom. The molecule has 3 aromatic rings. The zero-order valence-electron chi connectivity index (χ0n) is 17.6. The number of ether oxygens (including phenoxy) is 2. The van der Waals surface area contributed by atoms with E-state index in [1.165, 1.54) is 13.2 Å². The Morgan fingerprint density at radius 1 is 1.23 bits per heavy atom. The molecule has 0 amide bonds. The Kier molecular flexibility index (Phi) is 5.90. The predicted octanol–water partition coefficient (Wildman–Crippen LogP) is 4.83. The second kappa shape index (κ2) is 8.62. The highest BCUT2D eigenvalue weighted by molar-refractivity contribution is 6.33. The van der Waals surface area contributed by atoms with E-state index in [1.54, 1.807) is 19.2 Å². The summed E-state index contributed by atoms with van der Waals surface area (Å²) in [5.74, 6) is 1.31. The molecule has 6 nitrogen and oxygen atoms in total. The van der Waals surface area contributed by atoms with Crippen molar-refractivity contribution in [2.45, 2.75) is 24.8 Å². The minimum atomic E-state index is -0.222. The van der Waals surface area contributed by atoms with Crippen LogP contribution in [0.25, 0.3) is 22.3 Å². The summed E-state index contributed by atoms with van der Waals surface area (Å²) in [5.41, 5.74) is 1.61. The molecule has 0 aliphatic carbocycles. The summed E-state index contributed by atoms with van der Waals surface area (Å²) in [7, 11) is 5.10. The number of hydrogen-bond acceptors (Lipinski definition) is 6. The molecule has 31 heavy (non-hydrogen) atoms. The average Bonchev–Trinajstić information content (AvgIpc) is 3.12. The molecule has 0 radical (unpaired) electrons. The van der Waals surface area contributed by atoms with Gasteiger partial charge in [0.25, 0.3) is 0 Å². The number of halogens is 1. The zero-order chi connectivity index (χ0) is 22.1. The Labute approximate surface area is 185 Å². The van der Waals surface area contributed by atoms with Gasteiger partial charge in [0.05, 0.1) is 31.7 Å². The molecule has 1 saturated heterocycles.